The van der Waals surface area contributed by atoms with Gasteiger partial charge in [-0.3, -0.25) is 0 Å². The van der Waals surface area contributed by atoms with E-state index in [1.165, 1.54) is 37.9 Å². The van der Waals surface area contributed by atoms with Crippen molar-refractivity contribution in [1.29, 1.82) is 0 Å². The lowest BCUT2D eigenvalue weighted by atomic mass is 9.82. The van der Waals surface area contributed by atoms with Gasteiger partial charge in [0.25, 0.3) is 0 Å². The van der Waals surface area contributed by atoms with Crippen molar-refractivity contribution < 1.29 is 4.74 Å². The van der Waals surface area contributed by atoms with Crippen LogP contribution >= 0.6 is 0 Å². The van der Waals surface area contributed by atoms with Gasteiger partial charge < -0.3 is 4.74 Å². The molecule has 1 heteroatoms. The van der Waals surface area contributed by atoms with Crippen LogP contribution in [0.25, 0.3) is 0 Å². The van der Waals surface area contributed by atoms with Gasteiger partial charge in [-0.1, -0.05) is 25.8 Å². The van der Waals surface area contributed by atoms with E-state index in [4.69, 9.17) is 4.74 Å². The quantitative estimate of drug-likeness (QED) is 0.606. The van der Waals surface area contributed by atoms with Crippen molar-refractivity contribution in [2.75, 3.05) is 7.11 Å². The second-order valence-corrected chi connectivity index (χ2v) is 5.45. The van der Waals surface area contributed by atoms with E-state index in [9.17, 15) is 0 Å². The van der Waals surface area contributed by atoms with Crippen LogP contribution in [0.4, 0.5) is 0 Å². The maximum absolute atomic E-state index is 5.57. The Labute approximate surface area is 99.6 Å². The van der Waals surface area contributed by atoms with Crippen LogP contribution in [0.15, 0.2) is 24.5 Å². The fourth-order valence-corrected chi connectivity index (χ4v) is 3.28. The largest absolute Gasteiger partial charge is 0.501 e. The highest BCUT2D eigenvalue weighted by molar-refractivity contribution is 5.24. The van der Waals surface area contributed by atoms with E-state index in [-0.39, 0.29) is 0 Å². The summed E-state index contributed by atoms with van der Waals surface area (Å²) in [6.07, 6.45) is 12.3. The second kappa shape index (κ2) is 4.65. The number of allylic oxidation sites excluding steroid dienone is 3. The Bertz CT molecular complexity index is 292. The molecule has 0 heterocycles. The van der Waals surface area contributed by atoms with E-state index < -0.39 is 0 Å². The minimum Gasteiger partial charge on any atom is -0.501 e. The summed E-state index contributed by atoms with van der Waals surface area (Å²) in [5.74, 6) is 2.76. The van der Waals surface area contributed by atoms with Crippen molar-refractivity contribution in [3.63, 3.8) is 0 Å². The van der Waals surface area contributed by atoms with E-state index in [1.807, 2.05) is 13.2 Å². The Morgan fingerprint density at radius 3 is 3.06 bits per heavy atom. The summed E-state index contributed by atoms with van der Waals surface area (Å²) in [4.78, 5) is 0. The monoisotopic (exact) mass is 220 g/mol. The molecule has 0 spiro atoms. The smallest absolute Gasteiger partial charge is 0.0955 e. The highest BCUT2D eigenvalue weighted by Crippen LogP contribution is 2.63. The molecule has 1 nitrogen and oxygen atoms in total. The number of hydrogen-bond acceptors (Lipinski definition) is 1. The average Bonchev–Trinajstić information content (AvgIpc) is 2.99. The van der Waals surface area contributed by atoms with E-state index in [0.29, 0.717) is 11.3 Å². The molecule has 0 radical (unpaired) electrons. The molecule has 0 aromatic carbocycles. The fraction of sp³-hybridized carbons (Fsp3) is 0.733. The Kier molecular flexibility index (Phi) is 3.41. The molecule has 0 unspecified atom stereocenters. The normalized spacial score (nSPS) is 36.2. The molecule has 0 aromatic rings. The zero-order valence-corrected chi connectivity index (χ0v) is 10.7. The van der Waals surface area contributed by atoms with Crippen LogP contribution in [-0.2, 0) is 4.74 Å². The molecule has 1 saturated carbocycles. The van der Waals surface area contributed by atoms with Gasteiger partial charge in [0.1, 0.15) is 0 Å². The third-order valence-corrected chi connectivity index (χ3v) is 4.36. The summed E-state index contributed by atoms with van der Waals surface area (Å²) >= 11 is 0. The zero-order chi connectivity index (χ0) is 11.6. The third-order valence-electron chi connectivity index (χ3n) is 4.36. The van der Waals surface area contributed by atoms with E-state index in [1.54, 1.807) is 0 Å². The minimum absolute atomic E-state index is 0.527. The molecule has 0 aromatic heterocycles. The van der Waals surface area contributed by atoms with Gasteiger partial charge in [0.2, 0.25) is 0 Å². The predicted molar refractivity (Wildman–Crippen MR) is 68.1 cm³/mol. The summed E-state index contributed by atoms with van der Waals surface area (Å²) in [5.41, 5.74) is 0.527. The maximum Gasteiger partial charge on any atom is 0.0955 e. The number of hydrogen-bond donors (Lipinski definition) is 0. The van der Waals surface area contributed by atoms with Crippen LogP contribution in [0.2, 0.25) is 0 Å². The summed E-state index contributed by atoms with van der Waals surface area (Å²) in [6.45, 7) is 6.12. The van der Waals surface area contributed by atoms with Gasteiger partial charge in [0.05, 0.1) is 12.9 Å². The molecule has 90 valence electrons. The molecule has 0 aliphatic heterocycles. The Morgan fingerprint density at radius 2 is 2.44 bits per heavy atom. The summed E-state index contributed by atoms with van der Waals surface area (Å²) in [5, 5.41) is 0. The van der Waals surface area contributed by atoms with Crippen LogP contribution in [0.5, 0.6) is 0 Å². The van der Waals surface area contributed by atoms with Gasteiger partial charge in [0.15, 0.2) is 0 Å². The maximum atomic E-state index is 5.57. The molecule has 0 saturated heterocycles. The number of unbranched alkanes of at least 4 members (excludes halogenated alkanes) is 1. The van der Waals surface area contributed by atoms with E-state index in [2.05, 4.69) is 19.6 Å². The lowest BCUT2D eigenvalue weighted by Gasteiger charge is -2.26. The van der Waals surface area contributed by atoms with Gasteiger partial charge >= 0.3 is 0 Å². The fourth-order valence-electron chi connectivity index (χ4n) is 3.28. The Morgan fingerprint density at radius 1 is 1.62 bits per heavy atom. The van der Waals surface area contributed by atoms with Gasteiger partial charge in [-0.15, -0.1) is 6.58 Å². The van der Waals surface area contributed by atoms with Crippen molar-refractivity contribution in [2.24, 2.45) is 17.3 Å². The standard InChI is InChI=1S/C15H24O/c1-4-6-8-15-10-13(15)9-12(7-5-2)14(11-15)16-3/h5,11-13H,2,4,6-10H2,1,3H3/t12-,13+,15+/m1/s1. The van der Waals surface area contributed by atoms with Crippen LogP contribution in [0.3, 0.4) is 0 Å². The number of rotatable bonds is 6. The first kappa shape index (κ1) is 11.8. The van der Waals surface area contributed by atoms with E-state index >= 15 is 0 Å². The molecule has 2 aliphatic rings. The average molecular weight is 220 g/mol. The third kappa shape index (κ3) is 2.05. The van der Waals surface area contributed by atoms with Crippen molar-refractivity contribution in [3.05, 3.63) is 24.5 Å². The highest BCUT2D eigenvalue weighted by atomic mass is 16.5. The molecule has 0 N–H and O–H groups in total. The first-order valence-corrected chi connectivity index (χ1v) is 6.63. The van der Waals surface area contributed by atoms with Crippen molar-refractivity contribution in [2.45, 2.75) is 45.4 Å². The Balaban J connectivity index is 2.06. The topological polar surface area (TPSA) is 9.23 Å². The van der Waals surface area contributed by atoms with E-state index in [0.717, 1.165) is 12.3 Å². The first-order valence-electron chi connectivity index (χ1n) is 6.63. The van der Waals surface area contributed by atoms with Crippen LogP contribution in [0.1, 0.15) is 45.4 Å². The predicted octanol–water partition coefficient (Wildman–Crippen LogP) is 4.31. The van der Waals surface area contributed by atoms with Gasteiger partial charge in [-0.05, 0) is 43.1 Å². The Hall–Kier alpha value is -0.720. The molecule has 2 rings (SSSR count). The van der Waals surface area contributed by atoms with Gasteiger partial charge in [-0.25, -0.2) is 0 Å². The molecular formula is C15H24O. The second-order valence-electron chi connectivity index (χ2n) is 5.45. The zero-order valence-electron chi connectivity index (χ0n) is 10.7. The molecule has 0 bridgehead atoms. The van der Waals surface area contributed by atoms with Crippen molar-refractivity contribution in [1.82, 2.24) is 0 Å². The van der Waals surface area contributed by atoms with Crippen LogP contribution in [0, 0.1) is 17.3 Å². The van der Waals surface area contributed by atoms with Crippen molar-refractivity contribution in [3.8, 4) is 0 Å². The lowest BCUT2D eigenvalue weighted by molar-refractivity contribution is 0.209. The summed E-state index contributed by atoms with van der Waals surface area (Å²) < 4.78 is 5.57. The van der Waals surface area contributed by atoms with Crippen LogP contribution < -0.4 is 0 Å². The SMILES string of the molecule is C=CC[C@@H]1C[C@H]2C[C@@]2(CCCC)C=C1OC. The van der Waals surface area contributed by atoms with Crippen molar-refractivity contribution >= 4 is 0 Å². The molecular weight excluding hydrogens is 196 g/mol. The van der Waals surface area contributed by atoms with Gasteiger partial charge in [-0.2, -0.15) is 0 Å². The molecule has 16 heavy (non-hydrogen) atoms. The van der Waals surface area contributed by atoms with Gasteiger partial charge in [0, 0.05) is 5.92 Å². The summed E-state index contributed by atoms with van der Waals surface area (Å²) in [7, 11) is 1.82. The van der Waals surface area contributed by atoms with Crippen LogP contribution in [-0.4, -0.2) is 7.11 Å². The molecule has 3 atom stereocenters. The lowest BCUT2D eigenvalue weighted by Crippen LogP contribution is -2.17. The number of ether oxygens (including phenoxy) is 1. The molecule has 0 amide bonds. The molecule has 2 aliphatic carbocycles. The highest BCUT2D eigenvalue weighted by Gasteiger charge is 2.55. The molecule has 1 fully saturated rings. The summed E-state index contributed by atoms with van der Waals surface area (Å²) in [6, 6.07) is 0. The first-order chi connectivity index (χ1) is 7.75. The minimum atomic E-state index is 0.527. The number of methoxy groups -OCH3 is 1. The number of fused-ring (bicyclic) bond motifs is 1.